The molecule has 0 saturated heterocycles. The lowest BCUT2D eigenvalue weighted by atomic mass is 9.90. The molecule has 102 valence electrons. The van der Waals surface area contributed by atoms with E-state index in [1.54, 1.807) is 6.92 Å². The molecule has 3 heteroatoms. The quantitative estimate of drug-likeness (QED) is 0.768. The van der Waals surface area contributed by atoms with Crippen LogP contribution in [0.25, 0.3) is 11.1 Å². The third-order valence-electron chi connectivity index (χ3n) is 3.91. The van der Waals surface area contributed by atoms with E-state index in [1.165, 1.54) is 16.7 Å². The number of carboxylic acids is 1. The van der Waals surface area contributed by atoms with Gasteiger partial charge in [-0.2, -0.15) is 0 Å². The van der Waals surface area contributed by atoms with Crippen molar-refractivity contribution in [2.75, 3.05) is 0 Å². The molecule has 0 aromatic heterocycles. The molecule has 1 atom stereocenters. The fourth-order valence-electron chi connectivity index (χ4n) is 2.88. The normalized spacial score (nSPS) is 15.3. The number of aliphatic hydroxyl groups is 1. The first kappa shape index (κ1) is 12.9. The van der Waals surface area contributed by atoms with Gasteiger partial charge in [-0.05, 0) is 41.2 Å². The number of carbonyl (C=O) groups is 1. The van der Waals surface area contributed by atoms with Gasteiger partial charge in [0.25, 0.3) is 0 Å². The fourth-order valence-corrected chi connectivity index (χ4v) is 2.88. The first-order chi connectivity index (χ1) is 9.47. The summed E-state index contributed by atoms with van der Waals surface area (Å²) in [5.41, 5.74) is 4.15. The standard InChI is InChI=1S/C17H16O3/c1-17(20,10-16(18)19)13-6-7-15-12(9-13)8-11-4-2-3-5-14(11)15/h2-7,9,20H,8,10H2,1H3,(H,18,19). The van der Waals surface area contributed by atoms with E-state index in [-0.39, 0.29) is 6.42 Å². The van der Waals surface area contributed by atoms with Crippen LogP contribution in [0.5, 0.6) is 0 Å². The summed E-state index contributed by atoms with van der Waals surface area (Å²) in [6.45, 7) is 1.55. The molecule has 0 heterocycles. The number of hydrogen-bond donors (Lipinski definition) is 2. The third kappa shape index (κ3) is 2.10. The number of carboxylic acid groups (broad SMARTS) is 1. The van der Waals surface area contributed by atoms with Crippen LogP contribution in [0.1, 0.15) is 30.0 Å². The van der Waals surface area contributed by atoms with Crippen molar-refractivity contribution in [1.82, 2.24) is 0 Å². The molecule has 0 fully saturated rings. The zero-order chi connectivity index (χ0) is 14.3. The highest BCUT2D eigenvalue weighted by molar-refractivity contribution is 5.77. The maximum absolute atomic E-state index is 10.8. The lowest BCUT2D eigenvalue weighted by Gasteiger charge is -2.22. The van der Waals surface area contributed by atoms with Crippen LogP contribution in [0, 0.1) is 0 Å². The number of rotatable bonds is 3. The minimum Gasteiger partial charge on any atom is -0.481 e. The summed E-state index contributed by atoms with van der Waals surface area (Å²) in [5, 5.41) is 19.2. The summed E-state index contributed by atoms with van der Waals surface area (Å²) in [5.74, 6) is -1.00. The van der Waals surface area contributed by atoms with Crippen LogP contribution in [-0.2, 0) is 16.8 Å². The first-order valence-electron chi connectivity index (χ1n) is 6.63. The van der Waals surface area contributed by atoms with Gasteiger partial charge in [0.15, 0.2) is 0 Å². The molecule has 0 aliphatic heterocycles. The van der Waals surface area contributed by atoms with Gasteiger partial charge >= 0.3 is 5.97 Å². The molecule has 1 unspecified atom stereocenters. The van der Waals surface area contributed by atoms with Gasteiger partial charge in [0.1, 0.15) is 0 Å². The molecule has 20 heavy (non-hydrogen) atoms. The molecular weight excluding hydrogens is 252 g/mol. The smallest absolute Gasteiger partial charge is 0.306 e. The summed E-state index contributed by atoms with van der Waals surface area (Å²) in [7, 11) is 0. The van der Waals surface area contributed by atoms with Crippen LogP contribution in [0.2, 0.25) is 0 Å². The highest BCUT2D eigenvalue weighted by Crippen LogP contribution is 2.38. The van der Waals surface area contributed by atoms with Crippen LogP contribution in [0.4, 0.5) is 0 Å². The second kappa shape index (κ2) is 4.46. The minimum atomic E-state index is -1.34. The highest BCUT2D eigenvalue weighted by Gasteiger charge is 2.28. The van der Waals surface area contributed by atoms with Crippen LogP contribution >= 0.6 is 0 Å². The SMILES string of the molecule is CC(O)(CC(=O)O)c1ccc2c(c1)Cc1ccccc1-2. The number of benzene rings is 2. The summed E-state index contributed by atoms with van der Waals surface area (Å²) in [6.07, 6.45) is 0.543. The van der Waals surface area contributed by atoms with E-state index in [0.29, 0.717) is 5.56 Å². The van der Waals surface area contributed by atoms with E-state index in [4.69, 9.17) is 5.11 Å². The lowest BCUT2D eigenvalue weighted by molar-refractivity contribution is -0.142. The maximum atomic E-state index is 10.8. The highest BCUT2D eigenvalue weighted by atomic mass is 16.4. The minimum absolute atomic E-state index is 0.293. The molecule has 0 amide bonds. The van der Waals surface area contributed by atoms with Gasteiger partial charge in [-0.1, -0.05) is 42.5 Å². The third-order valence-corrected chi connectivity index (χ3v) is 3.91. The van der Waals surface area contributed by atoms with Crippen LogP contribution < -0.4 is 0 Å². The topological polar surface area (TPSA) is 57.5 Å². The Kier molecular flexibility index (Phi) is 2.87. The van der Waals surface area contributed by atoms with Crippen LogP contribution in [0.3, 0.4) is 0 Å². The van der Waals surface area contributed by atoms with Gasteiger partial charge in [0.05, 0.1) is 12.0 Å². The maximum Gasteiger partial charge on any atom is 0.306 e. The molecule has 1 aliphatic carbocycles. The van der Waals surface area contributed by atoms with Crippen molar-refractivity contribution >= 4 is 5.97 Å². The van der Waals surface area contributed by atoms with Crippen molar-refractivity contribution < 1.29 is 15.0 Å². The van der Waals surface area contributed by atoms with Crippen molar-refractivity contribution in [2.45, 2.75) is 25.4 Å². The fraction of sp³-hybridized carbons (Fsp3) is 0.235. The summed E-state index contributed by atoms with van der Waals surface area (Å²) in [4.78, 5) is 10.8. The average molecular weight is 268 g/mol. The van der Waals surface area contributed by atoms with Crippen molar-refractivity contribution in [1.29, 1.82) is 0 Å². The summed E-state index contributed by atoms with van der Waals surface area (Å²) < 4.78 is 0. The van der Waals surface area contributed by atoms with E-state index in [2.05, 4.69) is 12.1 Å². The largest absolute Gasteiger partial charge is 0.481 e. The van der Waals surface area contributed by atoms with Gasteiger partial charge < -0.3 is 10.2 Å². The lowest BCUT2D eigenvalue weighted by Crippen LogP contribution is -2.25. The monoisotopic (exact) mass is 268 g/mol. The van der Waals surface area contributed by atoms with E-state index in [0.717, 1.165) is 12.0 Å². The van der Waals surface area contributed by atoms with Gasteiger partial charge in [-0.15, -0.1) is 0 Å². The molecule has 0 spiro atoms. The molecule has 2 aromatic carbocycles. The molecule has 0 bridgehead atoms. The van der Waals surface area contributed by atoms with Gasteiger partial charge in [-0.3, -0.25) is 4.79 Å². The number of aliphatic carboxylic acids is 1. The van der Waals surface area contributed by atoms with Gasteiger partial charge in [0, 0.05) is 0 Å². The van der Waals surface area contributed by atoms with Crippen molar-refractivity contribution in [3.8, 4) is 11.1 Å². The predicted molar refractivity (Wildman–Crippen MR) is 76.5 cm³/mol. The molecule has 3 nitrogen and oxygen atoms in total. The van der Waals surface area contributed by atoms with Gasteiger partial charge in [-0.25, -0.2) is 0 Å². The van der Waals surface area contributed by atoms with Gasteiger partial charge in [0.2, 0.25) is 0 Å². The zero-order valence-corrected chi connectivity index (χ0v) is 11.3. The second-order valence-electron chi connectivity index (χ2n) is 5.55. The van der Waals surface area contributed by atoms with Crippen LogP contribution in [-0.4, -0.2) is 16.2 Å². The average Bonchev–Trinajstić information content (AvgIpc) is 2.74. The Morgan fingerprint density at radius 1 is 1.15 bits per heavy atom. The molecule has 2 N–H and O–H groups in total. The summed E-state index contributed by atoms with van der Waals surface area (Å²) >= 11 is 0. The van der Waals surface area contributed by atoms with E-state index >= 15 is 0 Å². The Labute approximate surface area is 117 Å². The van der Waals surface area contributed by atoms with E-state index in [9.17, 15) is 9.90 Å². The Morgan fingerprint density at radius 3 is 2.60 bits per heavy atom. The number of fused-ring (bicyclic) bond motifs is 3. The van der Waals surface area contributed by atoms with Crippen LogP contribution in [0.15, 0.2) is 42.5 Å². The van der Waals surface area contributed by atoms with E-state index in [1.807, 2.05) is 30.3 Å². The molecule has 0 saturated carbocycles. The Morgan fingerprint density at radius 2 is 1.85 bits per heavy atom. The summed E-state index contributed by atoms with van der Waals surface area (Å²) in [6, 6.07) is 14.0. The zero-order valence-electron chi connectivity index (χ0n) is 11.3. The van der Waals surface area contributed by atoms with Crippen molar-refractivity contribution in [2.24, 2.45) is 0 Å². The Hall–Kier alpha value is -2.13. The Balaban J connectivity index is 2.01. The van der Waals surface area contributed by atoms with Crippen molar-refractivity contribution in [3.05, 3.63) is 59.2 Å². The van der Waals surface area contributed by atoms with E-state index < -0.39 is 11.6 Å². The van der Waals surface area contributed by atoms with Crippen molar-refractivity contribution in [3.63, 3.8) is 0 Å². The first-order valence-corrected chi connectivity index (χ1v) is 6.63. The predicted octanol–water partition coefficient (Wildman–Crippen LogP) is 2.94. The number of hydrogen-bond acceptors (Lipinski definition) is 2. The molecule has 3 rings (SSSR count). The molecule has 1 aliphatic rings. The Bertz CT molecular complexity index is 686. The molecule has 2 aromatic rings. The molecular formula is C17H16O3. The molecule has 0 radical (unpaired) electrons. The second-order valence-corrected chi connectivity index (χ2v) is 5.55.